The minimum atomic E-state index is -0.872. The predicted octanol–water partition coefficient (Wildman–Crippen LogP) is 1.79. The van der Waals surface area contributed by atoms with Crippen molar-refractivity contribution in [3.8, 4) is 0 Å². The maximum absolute atomic E-state index is 11.7. The molecule has 6 heteroatoms. The van der Waals surface area contributed by atoms with Crippen molar-refractivity contribution < 1.29 is 19.5 Å². The fourth-order valence-corrected chi connectivity index (χ4v) is 1.93. The zero-order valence-corrected chi connectivity index (χ0v) is 12.9. The summed E-state index contributed by atoms with van der Waals surface area (Å²) in [5.41, 5.74) is 0. The number of carboxylic acids is 1. The molecule has 0 aromatic rings. The van der Waals surface area contributed by atoms with Gasteiger partial charge in [-0.3, -0.25) is 9.59 Å². The number of carboxylic acid groups (broad SMARTS) is 1. The molecule has 0 bridgehead atoms. The van der Waals surface area contributed by atoms with Crippen LogP contribution in [0, 0.1) is 11.8 Å². The number of urea groups is 1. The average Bonchev–Trinajstić information content (AvgIpc) is 2.27. The Hall–Kier alpha value is -1.59. The van der Waals surface area contributed by atoms with Crippen LogP contribution in [0.15, 0.2) is 0 Å². The Morgan fingerprint density at radius 1 is 0.900 bits per heavy atom. The third-order valence-electron chi connectivity index (χ3n) is 3.28. The molecule has 0 rings (SSSR count). The van der Waals surface area contributed by atoms with Crippen LogP contribution < -0.4 is 10.6 Å². The summed E-state index contributed by atoms with van der Waals surface area (Å²) < 4.78 is 0. The van der Waals surface area contributed by atoms with Gasteiger partial charge in [-0.1, -0.05) is 13.8 Å². The van der Waals surface area contributed by atoms with Crippen LogP contribution in [-0.4, -0.2) is 35.0 Å². The van der Waals surface area contributed by atoms with Crippen molar-refractivity contribution >= 4 is 17.8 Å². The van der Waals surface area contributed by atoms with Crippen molar-refractivity contribution in [1.82, 2.24) is 10.6 Å². The van der Waals surface area contributed by atoms with Gasteiger partial charge in [0.1, 0.15) is 5.78 Å². The predicted molar refractivity (Wildman–Crippen MR) is 76.5 cm³/mol. The zero-order valence-electron chi connectivity index (χ0n) is 12.9. The first kappa shape index (κ1) is 18.4. The summed E-state index contributed by atoms with van der Waals surface area (Å²) in [4.78, 5) is 33.6. The normalized spacial score (nSPS) is 16.6. The van der Waals surface area contributed by atoms with Crippen LogP contribution in [0.2, 0.25) is 0 Å². The Kier molecular flexibility index (Phi) is 7.87. The maximum Gasteiger partial charge on any atom is 0.315 e. The van der Waals surface area contributed by atoms with Gasteiger partial charge in [0.15, 0.2) is 0 Å². The van der Waals surface area contributed by atoms with E-state index in [1.165, 1.54) is 6.92 Å². The quantitative estimate of drug-likeness (QED) is 0.634. The van der Waals surface area contributed by atoms with E-state index in [0.717, 1.165) is 0 Å². The second kappa shape index (κ2) is 8.55. The monoisotopic (exact) mass is 286 g/mol. The van der Waals surface area contributed by atoms with Crippen LogP contribution in [0.1, 0.15) is 47.5 Å². The number of hydrogen-bond acceptors (Lipinski definition) is 3. The van der Waals surface area contributed by atoms with Gasteiger partial charge >= 0.3 is 12.0 Å². The highest BCUT2D eigenvalue weighted by Gasteiger charge is 2.18. The number of aliphatic carboxylic acids is 1. The molecule has 0 heterocycles. The fourth-order valence-electron chi connectivity index (χ4n) is 1.93. The molecule has 0 aromatic heterocycles. The number of hydrogen-bond donors (Lipinski definition) is 3. The van der Waals surface area contributed by atoms with E-state index < -0.39 is 11.9 Å². The molecule has 3 N–H and O–H groups in total. The Morgan fingerprint density at radius 3 is 1.65 bits per heavy atom. The molecule has 2 amide bonds. The molecule has 116 valence electrons. The SMILES string of the molecule is CC(=O)C(C)CC(C)NC(=O)NC(C)CC(C)C(=O)O. The second-order valence-corrected chi connectivity index (χ2v) is 5.64. The highest BCUT2D eigenvalue weighted by molar-refractivity contribution is 5.78. The molecule has 0 saturated heterocycles. The lowest BCUT2D eigenvalue weighted by atomic mass is 9.99. The van der Waals surface area contributed by atoms with Crippen molar-refractivity contribution in [3.05, 3.63) is 0 Å². The minimum absolute atomic E-state index is 0.0882. The second-order valence-electron chi connectivity index (χ2n) is 5.64. The number of Topliss-reactive ketones (excluding diaryl/α,β-unsaturated/α-hetero) is 1. The first-order valence-corrected chi connectivity index (χ1v) is 6.93. The molecular weight excluding hydrogens is 260 g/mol. The molecule has 0 aliphatic heterocycles. The summed E-state index contributed by atoms with van der Waals surface area (Å²) in [5, 5.41) is 14.3. The number of carbonyl (C=O) groups excluding carboxylic acids is 2. The standard InChI is InChI=1S/C14H26N2O4/c1-8(12(5)17)6-10(3)15-14(20)16-11(4)7-9(2)13(18)19/h8-11H,6-7H2,1-5H3,(H,18,19)(H2,15,16,20). The van der Waals surface area contributed by atoms with E-state index in [1.54, 1.807) is 13.8 Å². The van der Waals surface area contributed by atoms with Gasteiger partial charge < -0.3 is 15.7 Å². The number of amides is 2. The van der Waals surface area contributed by atoms with Crippen LogP contribution in [0.3, 0.4) is 0 Å². The highest BCUT2D eigenvalue weighted by Crippen LogP contribution is 2.08. The molecule has 20 heavy (non-hydrogen) atoms. The van der Waals surface area contributed by atoms with Crippen LogP contribution in [-0.2, 0) is 9.59 Å². The van der Waals surface area contributed by atoms with Gasteiger partial charge in [0.25, 0.3) is 0 Å². The van der Waals surface area contributed by atoms with Crippen molar-refractivity contribution in [2.45, 2.75) is 59.5 Å². The van der Waals surface area contributed by atoms with Crippen LogP contribution >= 0.6 is 0 Å². The van der Waals surface area contributed by atoms with E-state index in [1.807, 2.05) is 13.8 Å². The lowest BCUT2D eigenvalue weighted by Gasteiger charge is -2.20. The third-order valence-corrected chi connectivity index (χ3v) is 3.28. The first-order valence-electron chi connectivity index (χ1n) is 6.93. The zero-order chi connectivity index (χ0) is 15.9. The van der Waals surface area contributed by atoms with Gasteiger partial charge in [-0.2, -0.15) is 0 Å². The lowest BCUT2D eigenvalue weighted by Crippen LogP contribution is -2.45. The van der Waals surface area contributed by atoms with Crippen molar-refractivity contribution in [2.75, 3.05) is 0 Å². The van der Waals surface area contributed by atoms with Gasteiger partial charge in [0.2, 0.25) is 0 Å². The topological polar surface area (TPSA) is 95.5 Å². The van der Waals surface area contributed by atoms with E-state index in [-0.39, 0.29) is 29.8 Å². The van der Waals surface area contributed by atoms with Gasteiger partial charge in [-0.15, -0.1) is 0 Å². The molecule has 0 aliphatic carbocycles. The molecule has 0 fully saturated rings. The minimum Gasteiger partial charge on any atom is -0.481 e. The molecule has 6 nitrogen and oxygen atoms in total. The number of carbonyl (C=O) groups is 3. The Bertz CT molecular complexity index is 325. The van der Waals surface area contributed by atoms with E-state index in [0.29, 0.717) is 12.8 Å². The summed E-state index contributed by atoms with van der Waals surface area (Å²) >= 11 is 0. The van der Waals surface area contributed by atoms with E-state index in [2.05, 4.69) is 10.6 Å². The van der Waals surface area contributed by atoms with E-state index in [4.69, 9.17) is 5.11 Å². The summed E-state index contributed by atoms with van der Waals surface area (Å²) in [6.07, 6.45) is 0.962. The summed E-state index contributed by atoms with van der Waals surface area (Å²) in [5.74, 6) is -1.36. The molecule has 0 spiro atoms. The molecular formula is C14H26N2O4. The van der Waals surface area contributed by atoms with E-state index >= 15 is 0 Å². The summed E-state index contributed by atoms with van der Waals surface area (Å²) in [6.45, 7) is 8.57. The lowest BCUT2D eigenvalue weighted by molar-refractivity contribution is -0.141. The van der Waals surface area contributed by atoms with E-state index in [9.17, 15) is 14.4 Å². The van der Waals surface area contributed by atoms with Crippen molar-refractivity contribution in [3.63, 3.8) is 0 Å². The van der Waals surface area contributed by atoms with Gasteiger partial charge in [0.05, 0.1) is 5.92 Å². The Labute approximate surface area is 120 Å². The van der Waals surface area contributed by atoms with Crippen LogP contribution in [0.4, 0.5) is 4.79 Å². The van der Waals surface area contributed by atoms with Gasteiger partial charge in [-0.25, -0.2) is 4.79 Å². The molecule has 0 aliphatic rings. The Morgan fingerprint density at radius 2 is 1.30 bits per heavy atom. The average molecular weight is 286 g/mol. The summed E-state index contributed by atoms with van der Waals surface area (Å²) in [6, 6.07) is -0.671. The van der Waals surface area contributed by atoms with Crippen molar-refractivity contribution in [2.24, 2.45) is 11.8 Å². The van der Waals surface area contributed by atoms with Gasteiger partial charge in [-0.05, 0) is 33.6 Å². The summed E-state index contributed by atoms with van der Waals surface area (Å²) in [7, 11) is 0. The third kappa shape index (κ3) is 7.76. The molecule has 0 aromatic carbocycles. The van der Waals surface area contributed by atoms with Crippen LogP contribution in [0.5, 0.6) is 0 Å². The van der Waals surface area contributed by atoms with Crippen LogP contribution in [0.25, 0.3) is 0 Å². The van der Waals surface area contributed by atoms with Crippen molar-refractivity contribution in [1.29, 1.82) is 0 Å². The molecule has 4 unspecified atom stereocenters. The number of rotatable bonds is 8. The Balaban J connectivity index is 4.09. The fraction of sp³-hybridized carbons (Fsp3) is 0.786. The highest BCUT2D eigenvalue weighted by atomic mass is 16.4. The smallest absolute Gasteiger partial charge is 0.315 e. The maximum atomic E-state index is 11.7. The molecule has 0 saturated carbocycles. The molecule has 0 radical (unpaired) electrons. The first-order chi connectivity index (χ1) is 9.13. The largest absolute Gasteiger partial charge is 0.481 e. The molecule has 4 atom stereocenters. The number of nitrogens with one attached hydrogen (secondary N) is 2. The number of ketones is 1. The van der Waals surface area contributed by atoms with Gasteiger partial charge in [0, 0.05) is 18.0 Å².